The van der Waals surface area contributed by atoms with Crippen LogP contribution in [0.2, 0.25) is 0 Å². The fourth-order valence-corrected chi connectivity index (χ4v) is 3.95. The zero-order valence-electron chi connectivity index (χ0n) is 18.3. The van der Waals surface area contributed by atoms with Gasteiger partial charge in [0.05, 0.1) is 25.3 Å². The maximum atomic E-state index is 14.6. The molecule has 1 atom stereocenters. The highest BCUT2D eigenvalue weighted by Gasteiger charge is 2.23. The lowest BCUT2D eigenvalue weighted by molar-refractivity contribution is 0.0694. The summed E-state index contributed by atoms with van der Waals surface area (Å²) in [5, 5.41) is 29.5. The molecule has 3 aromatic rings. The van der Waals surface area contributed by atoms with Gasteiger partial charge < -0.3 is 24.6 Å². The van der Waals surface area contributed by atoms with Crippen LogP contribution < -0.4 is 10.2 Å². The third-order valence-corrected chi connectivity index (χ3v) is 5.67. The Labute approximate surface area is 184 Å². The van der Waals surface area contributed by atoms with Gasteiger partial charge in [-0.2, -0.15) is 0 Å². The monoisotopic (exact) mass is 443 g/mol. The number of nitrogens with zero attached hydrogens (tertiary/aromatic N) is 1. The number of hydrogen-bond acceptors (Lipinski definition) is 5. The van der Waals surface area contributed by atoms with E-state index in [1.165, 1.54) is 38.4 Å². The van der Waals surface area contributed by atoms with Crippen LogP contribution in [-0.2, 0) is 6.42 Å². The molecular weight excluding hydrogens is 417 g/mol. The zero-order valence-corrected chi connectivity index (χ0v) is 18.3. The van der Waals surface area contributed by atoms with E-state index in [0.29, 0.717) is 16.8 Å². The van der Waals surface area contributed by atoms with Gasteiger partial charge in [0.15, 0.2) is 0 Å². The van der Waals surface area contributed by atoms with Crippen LogP contribution >= 0.6 is 0 Å². The van der Waals surface area contributed by atoms with E-state index >= 15 is 0 Å². The Morgan fingerprint density at radius 3 is 2.44 bits per heavy atom. The summed E-state index contributed by atoms with van der Waals surface area (Å²) in [6.07, 6.45) is 1.26. The molecule has 0 bridgehead atoms. The van der Waals surface area contributed by atoms with Crippen molar-refractivity contribution < 1.29 is 29.2 Å². The summed E-state index contributed by atoms with van der Waals surface area (Å²) >= 11 is 0. The number of ether oxygens (including phenoxy) is 1. The Morgan fingerprint density at radius 2 is 1.88 bits per heavy atom. The molecule has 8 heteroatoms. The number of hydrogen-bond donors (Lipinski definition) is 3. The first-order chi connectivity index (χ1) is 15.1. The molecule has 0 aliphatic carbocycles. The molecule has 0 amide bonds. The second-order valence-corrected chi connectivity index (χ2v) is 8.17. The number of carboxylic acid groups (broad SMARTS) is 1. The highest BCUT2D eigenvalue weighted by molar-refractivity contribution is 5.93. The largest absolute Gasteiger partial charge is 0.508 e. The quantitative estimate of drug-likeness (QED) is 0.514. The summed E-state index contributed by atoms with van der Waals surface area (Å²) in [6, 6.07) is 5.23. The number of aromatic hydroxyl groups is 1. The fourth-order valence-electron chi connectivity index (χ4n) is 3.95. The average molecular weight is 443 g/mol. The second kappa shape index (κ2) is 9.00. The predicted octanol–water partition coefficient (Wildman–Crippen LogP) is 3.64. The predicted molar refractivity (Wildman–Crippen MR) is 118 cm³/mol. The standard InChI is InChI=1S/C24H26FNO6/c1-12(2)20(11-27)26-10-18(24(30)31)23(29)17-8-14(21(32-4)9-19(17)26)6-15-7-16(28)5-13(3)22(15)25/h5,7-10,12,20,27-28H,6,11H2,1-4H3,(H,30,31)/t20-/m1/s1. The molecule has 0 unspecified atom stereocenters. The highest BCUT2D eigenvalue weighted by Crippen LogP contribution is 2.31. The van der Waals surface area contributed by atoms with Crippen molar-refractivity contribution in [3.8, 4) is 11.5 Å². The van der Waals surface area contributed by atoms with E-state index in [-0.39, 0.29) is 41.2 Å². The van der Waals surface area contributed by atoms with E-state index in [4.69, 9.17) is 4.74 Å². The minimum absolute atomic E-state index is 0.0184. The molecule has 32 heavy (non-hydrogen) atoms. The number of phenolic OH excluding ortho intramolecular Hbond substituents is 1. The number of aromatic nitrogens is 1. The molecule has 2 aromatic carbocycles. The normalized spacial score (nSPS) is 12.3. The summed E-state index contributed by atoms with van der Waals surface area (Å²) in [5.41, 5.74) is 0.247. The van der Waals surface area contributed by atoms with Crippen LogP contribution in [0.5, 0.6) is 11.5 Å². The number of aromatic carboxylic acids is 1. The van der Waals surface area contributed by atoms with Crippen LogP contribution in [-0.4, -0.2) is 39.6 Å². The molecule has 0 fully saturated rings. The number of halogens is 1. The summed E-state index contributed by atoms with van der Waals surface area (Å²) in [4.78, 5) is 24.7. The molecular formula is C24H26FNO6. The van der Waals surface area contributed by atoms with E-state index in [0.717, 1.165) is 0 Å². The van der Waals surface area contributed by atoms with Gasteiger partial charge in [0.1, 0.15) is 22.9 Å². The number of aliphatic hydroxyl groups is 1. The Bertz CT molecular complexity index is 1250. The number of fused-ring (bicyclic) bond motifs is 1. The van der Waals surface area contributed by atoms with Gasteiger partial charge in [-0.3, -0.25) is 4.79 Å². The van der Waals surface area contributed by atoms with E-state index in [2.05, 4.69) is 0 Å². The Hall–Kier alpha value is -3.39. The topological polar surface area (TPSA) is 109 Å². The van der Waals surface area contributed by atoms with Crippen molar-refractivity contribution in [1.82, 2.24) is 4.57 Å². The first-order valence-corrected chi connectivity index (χ1v) is 10.2. The van der Waals surface area contributed by atoms with Gasteiger partial charge in [-0.05, 0) is 47.7 Å². The van der Waals surface area contributed by atoms with Crippen molar-refractivity contribution >= 4 is 16.9 Å². The van der Waals surface area contributed by atoms with Crippen molar-refractivity contribution in [3.05, 3.63) is 68.8 Å². The Balaban J connectivity index is 2.33. The molecule has 0 saturated heterocycles. The van der Waals surface area contributed by atoms with Crippen molar-refractivity contribution in [2.45, 2.75) is 33.2 Å². The third-order valence-electron chi connectivity index (χ3n) is 5.67. The van der Waals surface area contributed by atoms with Crippen LogP contribution in [0.4, 0.5) is 4.39 Å². The lowest BCUT2D eigenvalue weighted by Gasteiger charge is -2.25. The molecule has 3 N–H and O–H groups in total. The maximum Gasteiger partial charge on any atom is 0.341 e. The summed E-state index contributed by atoms with van der Waals surface area (Å²) < 4.78 is 21.7. The third kappa shape index (κ3) is 4.18. The van der Waals surface area contributed by atoms with Crippen LogP contribution in [0.25, 0.3) is 10.9 Å². The van der Waals surface area contributed by atoms with Gasteiger partial charge in [0, 0.05) is 24.1 Å². The molecule has 0 radical (unpaired) electrons. The zero-order chi connectivity index (χ0) is 23.7. The van der Waals surface area contributed by atoms with Gasteiger partial charge in [0.2, 0.25) is 5.43 Å². The first-order valence-electron chi connectivity index (χ1n) is 10.2. The lowest BCUT2D eigenvalue weighted by atomic mass is 9.97. The molecule has 7 nitrogen and oxygen atoms in total. The number of phenols is 1. The van der Waals surface area contributed by atoms with Gasteiger partial charge in [-0.1, -0.05) is 13.8 Å². The Kier molecular flexibility index (Phi) is 6.55. The van der Waals surface area contributed by atoms with Crippen LogP contribution in [0.1, 0.15) is 46.9 Å². The molecule has 0 saturated carbocycles. The minimum Gasteiger partial charge on any atom is -0.508 e. The number of aryl methyl sites for hydroxylation is 1. The molecule has 1 heterocycles. The number of benzene rings is 2. The smallest absolute Gasteiger partial charge is 0.341 e. The van der Waals surface area contributed by atoms with Crippen molar-refractivity contribution in [2.75, 3.05) is 13.7 Å². The summed E-state index contributed by atoms with van der Waals surface area (Å²) in [7, 11) is 1.44. The van der Waals surface area contributed by atoms with E-state index < -0.39 is 28.8 Å². The number of methoxy groups -OCH3 is 1. The molecule has 1 aromatic heterocycles. The highest BCUT2D eigenvalue weighted by atomic mass is 19.1. The molecule has 0 spiro atoms. The number of carboxylic acids is 1. The van der Waals surface area contributed by atoms with E-state index in [9.17, 15) is 29.3 Å². The average Bonchev–Trinajstić information content (AvgIpc) is 2.73. The van der Waals surface area contributed by atoms with Crippen LogP contribution in [0.15, 0.2) is 35.3 Å². The second-order valence-electron chi connectivity index (χ2n) is 8.17. The fraction of sp³-hybridized carbons (Fsp3) is 0.333. The van der Waals surface area contributed by atoms with Gasteiger partial charge in [-0.25, -0.2) is 9.18 Å². The van der Waals surface area contributed by atoms with Crippen molar-refractivity contribution in [3.63, 3.8) is 0 Å². The van der Waals surface area contributed by atoms with Gasteiger partial charge in [0.25, 0.3) is 0 Å². The molecule has 170 valence electrons. The van der Waals surface area contributed by atoms with Gasteiger partial charge in [-0.15, -0.1) is 0 Å². The number of carbonyl (C=O) groups is 1. The van der Waals surface area contributed by atoms with E-state index in [1.54, 1.807) is 10.6 Å². The lowest BCUT2D eigenvalue weighted by Crippen LogP contribution is -2.25. The molecule has 0 aliphatic heterocycles. The first kappa shape index (κ1) is 23.3. The summed E-state index contributed by atoms with van der Waals surface area (Å²) in [6.45, 7) is 5.04. The van der Waals surface area contributed by atoms with Crippen molar-refractivity contribution in [2.24, 2.45) is 5.92 Å². The van der Waals surface area contributed by atoms with Crippen molar-refractivity contribution in [1.29, 1.82) is 0 Å². The minimum atomic E-state index is -1.38. The van der Waals surface area contributed by atoms with Crippen LogP contribution in [0.3, 0.4) is 0 Å². The van der Waals surface area contributed by atoms with E-state index in [1.807, 2.05) is 13.8 Å². The SMILES string of the molecule is COc1cc2c(cc1Cc1cc(O)cc(C)c1F)c(=O)c(C(=O)O)cn2[C@H](CO)C(C)C. The summed E-state index contributed by atoms with van der Waals surface area (Å²) in [5.74, 6) is -1.63. The Morgan fingerprint density at radius 1 is 1.19 bits per heavy atom. The van der Waals surface area contributed by atoms with Gasteiger partial charge >= 0.3 is 5.97 Å². The number of rotatable bonds is 7. The maximum absolute atomic E-state index is 14.6. The number of aliphatic hydroxyl groups excluding tert-OH is 1. The molecule has 0 aliphatic rings. The number of pyridine rings is 1. The molecule has 3 rings (SSSR count). The van der Waals surface area contributed by atoms with Crippen LogP contribution in [0, 0.1) is 18.7 Å².